The van der Waals surface area contributed by atoms with E-state index >= 15 is 0 Å². The molecule has 1 nitrogen and oxygen atoms in total. The third-order valence-corrected chi connectivity index (χ3v) is 4.87. The summed E-state index contributed by atoms with van der Waals surface area (Å²) in [6.45, 7) is 7.63. The van der Waals surface area contributed by atoms with Crippen molar-refractivity contribution >= 4 is 0 Å². The highest BCUT2D eigenvalue weighted by molar-refractivity contribution is 5.02. The van der Waals surface area contributed by atoms with Gasteiger partial charge >= 0.3 is 0 Å². The normalized spacial score (nSPS) is 35.2. The van der Waals surface area contributed by atoms with Crippen LogP contribution in [-0.2, 0) is 0 Å². The molecule has 106 valence electrons. The number of rotatable bonds is 5. The van der Waals surface area contributed by atoms with Crippen LogP contribution in [0.3, 0.4) is 0 Å². The molecule has 2 rings (SSSR count). The molecule has 3 atom stereocenters. The van der Waals surface area contributed by atoms with Gasteiger partial charge in [0.05, 0.1) is 0 Å². The third kappa shape index (κ3) is 3.43. The average Bonchev–Trinajstić information content (AvgIpc) is 2.85. The van der Waals surface area contributed by atoms with Crippen molar-refractivity contribution in [2.75, 3.05) is 6.54 Å². The lowest BCUT2D eigenvalue weighted by molar-refractivity contribution is -0.0551. The van der Waals surface area contributed by atoms with Crippen LogP contribution in [0.5, 0.6) is 0 Å². The smallest absolute Gasteiger partial charge is 0.248 e. The van der Waals surface area contributed by atoms with Gasteiger partial charge in [-0.3, -0.25) is 0 Å². The quantitative estimate of drug-likeness (QED) is 0.779. The van der Waals surface area contributed by atoms with Gasteiger partial charge in [-0.25, -0.2) is 8.78 Å². The Balaban J connectivity index is 1.89. The van der Waals surface area contributed by atoms with Crippen LogP contribution in [0.4, 0.5) is 8.78 Å². The fraction of sp³-hybridized carbons (Fsp3) is 1.00. The van der Waals surface area contributed by atoms with Crippen molar-refractivity contribution in [1.82, 2.24) is 5.32 Å². The molecule has 3 heteroatoms. The van der Waals surface area contributed by atoms with Crippen LogP contribution < -0.4 is 5.32 Å². The van der Waals surface area contributed by atoms with Gasteiger partial charge in [-0.15, -0.1) is 0 Å². The van der Waals surface area contributed by atoms with Gasteiger partial charge in [-0.05, 0) is 49.5 Å². The first-order chi connectivity index (χ1) is 8.34. The minimum Gasteiger partial charge on any atom is -0.314 e. The minimum absolute atomic E-state index is 0.101. The molecule has 0 spiro atoms. The van der Waals surface area contributed by atoms with E-state index in [0.717, 1.165) is 19.4 Å². The van der Waals surface area contributed by atoms with E-state index in [4.69, 9.17) is 0 Å². The number of nitrogens with one attached hydrogen (secondary N) is 1. The molecule has 0 radical (unpaired) electrons. The highest BCUT2D eigenvalue weighted by atomic mass is 19.3. The van der Waals surface area contributed by atoms with Crippen LogP contribution in [0.15, 0.2) is 0 Å². The standard InChI is InChI=1S/C15H27F2N/c1-4-18-13(12-10-14(12,2)3)8-11-6-5-7-15(16,17)9-11/h11-13,18H,4-10H2,1-3H3. The molecule has 0 saturated heterocycles. The van der Waals surface area contributed by atoms with Gasteiger partial charge < -0.3 is 5.32 Å². The predicted molar refractivity (Wildman–Crippen MR) is 70.9 cm³/mol. The monoisotopic (exact) mass is 259 g/mol. The fourth-order valence-corrected chi connectivity index (χ4v) is 3.68. The molecule has 0 heterocycles. The van der Waals surface area contributed by atoms with E-state index in [1.165, 1.54) is 6.42 Å². The molecule has 0 aromatic heterocycles. The van der Waals surface area contributed by atoms with Gasteiger partial charge in [-0.1, -0.05) is 20.8 Å². The van der Waals surface area contributed by atoms with Crippen molar-refractivity contribution in [3.8, 4) is 0 Å². The van der Waals surface area contributed by atoms with E-state index in [9.17, 15) is 8.78 Å². The first-order valence-electron chi connectivity index (χ1n) is 7.45. The second-order valence-electron chi connectivity index (χ2n) is 7.02. The molecule has 18 heavy (non-hydrogen) atoms. The molecule has 2 saturated carbocycles. The Labute approximate surface area is 110 Å². The summed E-state index contributed by atoms with van der Waals surface area (Å²) in [4.78, 5) is 0. The predicted octanol–water partition coefficient (Wildman–Crippen LogP) is 4.23. The summed E-state index contributed by atoms with van der Waals surface area (Å²) in [6.07, 6.45) is 4.09. The molecular weight excluding hydrogens is 232 g/mol. The molecule has 0 amide bonds. The number of hydrogen-bond acceptors (Lipinski definition) is 1. The summed E-state index contributed by atoms with van der Waals surface area (Å²) in [5.41, 5.74) is 0.421. The Bertz CT molecular complexity index is 288. The lowest BCUT2D eigenvalue weighted by atomic mass is 9.81. The molecule has 0 aromatic carbocycles. The summed E-state index contributed by atoms with van der Waals surface area (Å²) in [5.74, 6) is -1.50. The molecule has 0 aliphatic heterocycles. The minimum atomic E-state index is -2.40. The van der Waals surface area contributed by atoms with Gasteiger partial charge in [0.1, 0.15) is 0 Å². The Morgan fingerprint density at radius 1 is 1.28 bits per heavy atom. The van der Waals surface area contributed by atoms with Gasteiger partial charge in [-0.2, -0.15) is 0 Å². The number of hydrogen-bond donors (Lipinski definition) is 1. The van der Waals surface area contributed by atoms with E-state index < -0.39 is 5.92 Å². The van der Waals surface area contributed by atoms with E-state index in [0.29, 0.717) is 23.8 Å². The van der Waals surface area contributed by atoms with Crippen molar-refractivity contribution in [2.24, 2.45) is 17.3 Å². The van der Waals surface area contributed by atoms with Gasteiger partial charge in [0, 0.05) is 18.9 Å². The molecule has 2 fully saturated rings. The van der Waals surface area contributed by atoms with Crippen molar-refractivity contribution in [3.05, 3.63) is 0 Å². The molecule has 3 unspecified atom stereocenters. The Hall–Kier alpha value is -0.180. The molecule has 0 bridgehead atoms. The zero-order valence-electron chi connectivity index (χ0n) is 11.9. The first-order valence-corrected chi connectivity index (χ1v) is 7.45. The fourth-order valence-electron chi connectivity index (χ4n) is 3.68. The van der Waals surface area contributed by atoms with E-state index in [1.54, 1.807) is 0 Å². The number of alkyl halides is 2. The Morgan fingerprint density at radius 3 is 2.44 bits per heavy atom. The second kappa shape index (κ2) is 5.07. The van der Waals surface area contributed by atoms with Gasteiger partial charge in [0.2, 0.25) is 5.92 Å². The second-order valence-corrected chi connectivity index (χ2v) is 7.02. The SMILES string of the molecule is CCNC(CC1CCCC(F)(F)C1)C1CC1(C)C. The Kier molecular flexibility index (Phi) is 4.01. The van der Waals surface area contributed by atoms with Gasteiger partial charge in [0.15, 0.2) is 0 Å². The summed E-state index contributed by atoms with van der Waals surface area (Å²) < 4.78 is 26.9. The van der Waals surface area contributed by atoms with E-state index in [1.807, 2.05) is 0 Å². The van der Waals surface area contributed by atoms with Crippen LogP contribution >= 0.6 is 0 Å². The maximum absolute atomic E-state index is 13.4. The van der Waals surface area contributed by atoms with Crippen molar-refractivity contribution in [1.29, 1.82) is 0 Å². The van der Waals surface area contributed by atoms with E-state index in [2.05, 4.69) is 26.1 Å². The topological polar surface area (TPSA) is 12.0 Å². The van der Waals surface area contributed by atoms with Crippen molar-refractivity contribution in [2.45, 2.75) is 71.3 Å². The zero-order valence-corrected chi connectivity index (χ0v) is 11.9. The van der Waals surface area contributed by atoms with Crippen molar-refractivity contribution < 1.29 is 8.78 Å². The summed E-state index contributed by atoms with van der Waals surface area (Å²) in [5, 5.41) is 3.53. The van der Waals surface area contributed by atoms with Crippen LogP contribution in [-0.4, -0.2) is 18.5 Å². The van der Waals surface area contributed by atoms with Crippen LogP contribution in [0, 0.1) is 17.3 Å². The molecule has 1 N–H and O–H groups in total. The Morgan fingerprint density at radius 2 is 1.94 bits per heavy atom. The highest BCUT2D eigenvalue weighted by Gasteiger charge is 2.50. The first kappa shape index (κ1) is 14.2. The van der Waals surface area contributed by atoms with Crippen LogP contribution in [0.25, 0.3) is 0 Å². The molecule has 2 aliphatic rings. The molecule has 0 aromatic rings. The highest BCUT2D eigenvalue weighted by Crippen LogP contribution is 2.55. The molecular formula is C15H27F2N. The maximum Gasteiger partial charge on any atom is 0.248 e. The lowest BCUT2D eigenvalue weighted by Gasteiger charge is -2.32. The lowest BCUT2D eigenvalue weighted by Crippen LogP contribution is -2.37. The van der Waals surface area contributed by atoms with E-state index in [-0.39, 0.29) is 18.8 Å². The van der Waals surface area contributed by atoms with Crippen LogP contribution in [0.2, 0.25) is 0 Å². The van der Waals surface area contributed by atoms with Crippen LogP contribution in [0.1, 0.15) is 59.3 Å². The average molecular weight is 259 g/mol. The summed E-state index contributed by atoms with van der Waals surface area (Å²) in [7, 11) is 0. The maximum atomic E-state index is 13.4. The van der Waals surface area contributed by atoms with Gasteiger partial charge in [0.25, 0.3) is 0 Å². The summed E-state index contributed by atoms with van der Waals surface area (Å²) >= 11 is 0. The molecule has 2 aliphatic carbocycles. The van der Waals surface area contributed by atoms with Crippen molar-refractivity contribution in [3.63, 3.8) is 0 Å². The summed E-state index contributed by atoms with van der Waals surface area (Å²) in [6, 6.07) is 0.448. The number of halogens is 2. The third-order valence-electron chi connectivity index (χ3n) is 4.87. The zero-order chi connectivity index (χ0) is 13.4. The largest absolute Gasteiger partial charge is 0.314 e.